The van der Waals surface area contributed by atoms with E-state index in [0.717, 1.165) is 48.6 Å². The Morgan fingerprint density at radius 2 is 2.29 bits per heavy atom. The predicted molar refractivity (Wildman–Crippen MR) is 84.2 cm³/mol. The average Bonchev–Trinajstić information content (AvgIpc) is 3.08. The van der Waals surface area contributed by atoms with Gasteiger partial charge in [-0.1, -0.05) is 22.9 Å². The third-order valence-electron chi connectivity index (χ3n) is 3.56. The lowest BCUT2D eigenvalue weighted by atomic mass is 10.1. The third-order valence-corrected chi connectivity index (χ3v) is 4.01. The second-order valence-corrected chi connectivity index (χ2v) is 6.07. The summed E-state index contributed by atoms with van der Waals surface area (Å²) >= 11 is 3.57. The first-order chi connectivity index (χ1) is 10.3. The molecule has 0 fully saturated rings. The maximum atomic E-state index is 5.74. The standard InChI is InChI=1S/C15H19BrN4O/c1-2-4-20-14(18-10-19-20)9-17-8-12-7-13(16)6-11-3-5-21-15(11)12/h6-7,10,17H,2-5,8-9H2,1H3. The quantitative estimate of drug-likeness (QED) is 0.870. The maximum Gasteiger partial charge on any atom is 0.140 e. The molecule has 0 saturated carbocycles. The van der Waals surface area contributed by atoms with Gasteiger partial charge in [0.15, 0.2) is 0 Å². The van der Waals surface area contributed by atoms with E-state index in [2.05, 4.69) is 50.4 Å². The molecule has 2 aromatic rings. The largest absolute Gasteiger partial charge is 0.493 e. The minimum atomic E-state index is 0.710. The molecular formula is C15H19BrN4O. The molecule has 6 heteroatoms. The fourth-order valence-corrected chi connectivity index (χ4v) is 3.16. The summed E-state index contributed by atoms with van der Waals surface area (Å²) in [6.45, 7) is 5.30. The summed E-state index contributed by atoms with van der Waals surface area (Å²) in [6.07, 6.45) is 3.67. The number of rotatable bonds is 6. The molecule has 3 rings (SSSR count). The lowest BCUT2D eigenvalue weighted by Crippen LogP contribution is -2.17. The number of halogens is 1. The Hall–Kier alpha value is -1.40. The first-order valence-electron chi connectivity index (χ1n) is 7.29. The molecule has 2 heterocycles. The SMILES string of the molecule is CCCn1ncnc1CNCc1cc(Br)cc2c1OCC2. The summed E-state index contributed by atoms with van der Waals surface area (Å²) in [5.74, 6) is 2.02. The van der Waals surface area contributed by atoms with Crippen LogP contribution in [-0.2, 0) is 26.1 Å². The highest BCUT2D eigenvalue weighted by Crippen LogP contribution is 2.32. The van der Waals surface area contributed by atoms with Gasteiger partial charge in [-0.05, 0) is 24.1 Å². The number of hydrogen-bond acceptors (Lipinski definition) is 4. The second kappa shape index (κ2) is 6.58. The van der Waals surface area contributed by atoms with Gasteiger partial charge in [0.05, 0.1) is 13.2 Å². The highest BCUT2D eigenvalue weighted by Gasteiger charge is 2.17. The van der Waals surface area contributed by atoms with Gasteiger partial charge < -0.3 is 10.1 Å². The van der Waals surface area contributed by atoms with Gasteiger partial charge in [0.1, 0.15) is 17.9 Å². The lowest BCUT2D eigenvalue weighted by Gasteiger charge is -2.10. The molecule has 0 spiro atoms. The van der Waals surface area contributed by atoms with Crippen LogP contribution >= 0.6 is 15.9 Å². The molecule has 0 bridgehead atoms. The summed E-state index contributed by atoms with van der Waals surface area (Å²) in [5, 5.41) is 7.67. The van der Waals surface area contributed by atoms with Gasteiger partial charge in [-0.2, -0.15) is 5.10 Å². The van der Waals surface area contributed by atoms with Gasteiger partial charge in [-0.25, -0.2) is 9.67 Å². The minimum Gasteiger partial charge on any atom is -0.493 e. The zero-order valence-electron chi connectivity index (χ0n) is 12.1. The van der Waals surface area contributed by atoms with Crippen LogP contribution in [0.25, 0.3) is 0 Å². The third kappa shape index (κ3) is 3.27. The molecule has 0 unspecified atom stereocenters. The average molecular weight is 351 g/mol. The number of aryl methyl sites for hydroxylation is 1. The van der Waals surface area contributed by atoms with Crippen molar-refractivity contribution >= 4 is 15.9 Å². The van der Waals surface area contributed by atoms with E-state index in [0.29, 0.717) is 6.54 Å². The van der Waals surface area contributed by atoms with Crippen LogP contribution in [0.4, 0.5) is 0 Å². The topological polar surface area (TPSA) is 52.0 Å². The van der Waals surface area contributed by atoms with Gasteiger partial charge in [0.25, 0.3) is 0 Å². The Labute approximate surface area is 132 Å². The molecule has 0 saturated heterocycles. The van der Waals surface area contributed by atoms with Crippen LogP contribution in [0.15, 0.2) is 22.9 Å². The van der Waals surface area contributed by atoms with Gasteiger partial charge in [-0.3, -0.25) is 0 Å². The number of aromatic nitrogens is 3. The minimum absolute atomic E-state index is 0.710. The number of hydrogen-bond donors (Lipinski definition) is 1. The van der Waals surface area contributed by atoms with Crippen molar-refractivity contribution < 1.29 is 4.74 Å². The Balaban J connectivity index is 1.64. The van der Waals surface area contributed by atoms with Crippen molar-refractivity contribution in [1.82, 2.24) is 20.1 Å². The van der Waals surface area contributed by atoms with Crippen molar-refractivity contribution in [2.45, 2.75) is 39.4 Å². The summed E-state index contributed by atoms with van der Waals surface area (Å²) in [6, 6.07) is 4.26. The molecule has 1 aromatic carbocycles. The predicted octanol–water partition coefficient (Wildman–Crippen LogP) is 2.68. The van der Waals surface area contributed by atoms with Crippen molar-refractivity contribution in [3.63, 3.8) is 0 Å². The van der Waals surface area contributed by atoms with Gasteiger partial charge >= 0.3 is 0 Å². The molecule has 0 amide bonds. The number of fused-ring (bicyclic) bond motifs is 1. The van der Waals surface area contributed by atoms with Crippen LogP contribution in [0.3, 0.4) is 0 Å². The van der Waals surface area contributed by atoms with E-state index in [9.17, 15) is 0 Å². The van der Waals surface area contributed by atoms with E-state index in [1.54, 1.807) is 6.33 Å². The van der Waals surface area contributed by atoms with E-state index < -0.39 is 0 Å². The lowest BCUT2D eigenvalue weighted by molar-refractivity contribution is 0.352. The normalized spacial score (nSPS) is 13.2. The number of nitrogens with one attached hydrogen (secondary N) is 1. The smallest absolute Gasteiger partial charge is 0.140 e. The highest BCUT2D eigenvalue weighted by atomic mass is 79.9. The maximum absolute atomic E-state index is 5.74. The summed E-state index contributed by atoms with van der Waals surface area (Å²) in [5.41, 5.74) is 2.48. The summed E-state index contributed by atoms with van der Waals surface area (Å²) in [4.78, 5) is 4.30. The van der Waals surface area contributed by atoms with Gasteiger partial charge in [0, 0.05) is 29.5 Å². The molecule has 0 radical (unpaired) electrons. The fourth-order valence-electron chi connectivity index (χ4n) is 2.61. The van der Waals surface area contributed by atoms with Gasteiger partial charge in [-0.15, -0.1) is 0 Å². The van der Waals surface area contributed by atoms with Crippen molar-refractivity contribution in [2.24, 2.45) is 0 Å². The van der Waals surface area contributed by atoms with Crippen LogP contribution < -0.4 is 10.1 Å². The van der Waals surface area contributed by atoms with Crippen LogP contribution in [0, 0.1) is 0 Å². The Morgan fingerprint density at radius 1 is 1.38 bits per heavy atom. The molecule has 1 aliphatic rings. The molecule has 112 valence electrons. The van der Waals surface area contributed by atoms with Gasteiger partial charge in [0.2, 0.25) is 0 Å². The van der Waals surface area contributed by atoms with E-state index in [-0.39, 0.29) is 0 Å². The molecule has 1 aliphatic heterocycles. The van der Waals surface area contributed by atoms with Crippen molar-refractivity contribution in [3.8, 4) is 5.75 Å². The van der Waals surface area contributed by atoms with E-state index in [1.807, 2.05) is 4.68 Å². The number of ether oxygens (including phenoxy) is 1. The Kier molecular flexibility index (Phi) is 4.55. The monoisotopic (exact) mass is 350 g/mol. The fraction of sp³-hybridized carbons (Fsp3) is 0.467. The number of benzene rings is 1. The van der Waals surface area contributed by atoms with Crippen molar-refractivity contribution in [3.05, 3.63) is 39.9 Å². The molecular weight excluding hydrogens is 332 g/mol. The van der Waals surface area contributed by atoms with Crippen LogP contribution in [0.1, 0.15) is 30.3 Å². The molecule has 0 aliphatic carbocycles. The molecule has 1 aromatic heterocycles. The van der Waals surface area contributed by atoms with Crippen molar-refractivity contribution in [2.75, 3.05) is 6.61 Å². The van der Waals surface area contributed by atoms with E-state index in [1.165, 1.54) is 11.1 Å². The van der Waals surface area contributed by atoms with E-state index >= 15 is 0 Å². The Morgan fingerprint density at radius 3 is 3.14 bits per heavy atom. The van der Waals surface area contributed by atoms with E-state index in [4.69, 9.17) is 4.74 Å². The highest BCUT2D eigenvalue weighted by molar-refractivity contribution is 9.10. The molecule has 0 atom stereocenters. The zero-order chi connectivity index (χ0) is 14.7. The molecule has 5 nitrogen and oxygen atoms in total. The second-order valence-electron chi connectivity index (χ2n) is 5.15. The first-order valence-corrected chi connectivity index (χ1v) is 8.08. The van der Waals surface area contributed by atoms with Crippen molar-refractivity contribution in [1.29, 1.82) is 0 Å². The first kappa shape index (κ1) is 14.5. The summed E-state index contributed by atoms with van der Waals surface area (Å²) in [7, 11) is 0. The number of nitrogens with zero attached hydrogens (tertiary/aromatic N) is 3. The van der Waals surface area contributed by atoms with Crippen LogP contribution in [0.5, 0.6) is 5.75 Å². The molecule has 21 heavy (non-hydrogen) atoms. The van der Waals surface area contributed by atoms with Crippen LogP contribution in [0.2, 0.25) is 0 Å². The summed E-state index contributed by atoms with van der Waals surface area (Å²) < 4.78 is 8.80. The molecule has 1 N–H and O–H groups in total. The zero-order valence-corrected chi connectivity index (χ0v) is 13.7. The van der Waals surface area contributed by atoms with Crippen LogP contribution in [-0.4, -0.2) is 21.4 Å². The Bertz CT molecular complexity index is 626.